The van der Waals surface area contributed by atoms with Crippen LogP contribution >= 0.6 is 0 Å². The third kappa shape index (κ3) is 4.69. The molecule has 0 aromatic rings. The molecule has 1 atom stereocenters. The van der Waals surface area contributed by atoms with E-state index in [1.54, 1.807) is 0 Å². The maximum atomic E-state index is 11.9. The van der Waals surface area contributed by atoms with Crippen LogP contribution in [-0.4, -0.2) is 60.8 Å². The van der Waals surface area contributed by atoms with Gasteiger partial charge in [-0.05, 0) is 12.8 Å². The Bertz CT molecular complexity index is 366. The van der Waals surface area contributed by atoms with Crippen molar-refractivity contribution in [1.82, 2.24) is 10.2 Å². The number of hydrogen-bond donors (Lipinski definition) is 3. The summed E-state index contributed by atoms with van der Waals surface area (Å²) in [5, 5.41) is 11.5. The predicted octanol–water partition coefficient (Wildman–Crippen LogP) is -0.617. The van der Waals surface area contributed by atoms with Crippen LogP contribution in [0.1, 0.15) is 19.3 Å². The van der Waals surface area contributed by atoms with E-state index < -0.39 is 18.0 Å². The number of hydrogen-bond acceptors (Lipinski definition) is 4. The highest BCUT2D eigenvalue weighted by molar-refractivity contribution is 5.83. The highest BCUT2D eigenvalue weighted by Crippen LogP contribution is 2.16. The number of amides is 3. The number of carboxylic acids is 1. The molecule has 0 radical (unpaired) electrons. The van der Waals surface area contributed by atoms with Gasteiger partial charge in [-0.3, -0.25) is 4.79 Å². The minimum atomic E-state index is -1.09. The van der Waals surface area contributed by atoms with Gasteiger partial charge in [0.25, 0.3) is 0 Å². The van der Waals surface area contributed by atoms with E-state index in [2.05, 4.69) is 5.32 Å². The first-order valence-electron chi connectivity index (χ1n) is 6.52. The number of nitrogens with zero attached hydrogens (tertiary/aromatic N) is 1. The fourth-order valence-electron chi connectivity index (χ4n) is 2.10. The number of piperidine rings is 1. The molecule has 1 unspecified atom stereocenters. The average Bonchev–Trinajstić information content (AvgIpc) is 2.42. The van der Waals surface area contributed by atoms with Crippen molar-refractivity contribution in [3.05, 3.63) is 0 Å². The second kappa shape index (κ2) is 7.68. The van der Waals surface area contributed by atoms with Crippen LogP contribution in [0, 0.1) is 5.92 Å². The molecule has 1 heterocycles. The highest BCUT2D eigenvalue weighted by Gasteiger charge is 2.28. The topological polar surface area (TPSA) is 122 Å². The first-order valence-corrected chi connectivity index (χ1v) is 6.52. The number of likely N-dealkylation sites (tertiary alicyclic amines) is 1. The number of carbonyl (C=O) groups excluding carboxylic acids is 2. The van der Waals surface area contributed by atoms with Crippen LogP contribution in [0.15, 0.2) is 0 Å². The summed E-state index contributed by atoms with van der Waals surface area (Å²) < 4.78 is 4.81. The Balaban J connectivity index is 2.45. The molecule has 1 fully saturated rings. The van der Waals surface area contributed by atoms with E-state index in [0.717, 1.165) is 0 Å². The van der Waals surface area contributed by atoms with E-state index in [1.807, 2.05) is 0 Å². The molecule has 0 aromatic heterocycles. The van der Waals surface area contributed by atoms with Gasteiger partial charge in [0, 0.05) is 39.1 Å². The Morgan fingerprint density at radius 1 is 1.40 bits per heavy atom. The number of primary amides is 1. The average molecular weight is 287 g/mol. The van der Waals surface area contributed by atoms with Gasteiger partial charge >= 0.3 is 12.0 Å². The van der Waals surface area contributed by atoms with Crippen LogP contribution in [0.5, 0.6) is 0 Å². The van der Waals surface area contributed by atoms with Crippen LogP contribution in [0.4, 0.5) is 4.79 Å². The predicted molar refractivity (Wildman–Crippen MR) is 69.9 cm³/mol. The molecule has 20 heavy (non-hydrogen) atoms. The lowest BCUT2D eigenvalue weighted by molar-refractivity contribution is -0.139. The highest BCUT2D eigenvalue weighted by atomic mass is 16.5. The van der Waals surface area contributed by atoms with Crippen LogP contribution in [0.25, 0.3) is 0 Å². The molecular formula is C12H21N3O5. The number of urea groups is 1. The number of carboxylic acid groups (broad SMARTS) is 1. The van der Waals surface area contributed by atoms with E-state index in [9.17, 15) is 14.4 Å². The van der Waals surface area contributed by atoms with Crippen molar-refractivity contribution in [2.45, 2.75) is 25.3 Å². The minimum absolute atomic E-state index is 0.204. The van der Waals surface area contributed by atoms with Gasteiger partial charge in [0.15, 0.2) is 0 Å². The van der Waals surface area contributed by atoms with Gasteiger partial charge in [0.05, 0.1) is 0 Å². The summed E-state index contributed by atoms with van der Waals surface area (Å²) in [7, 11) is 1.47. The third-order valence-corrected chi connectivity index (χ3v) is 3.39. The molecule has 0 saturated carbocycles. The minimum Gasteiger partial charge on any atom is -0.480 e. The smallest absolute Gasteiger partial charge is 0.326 e. The zero-order valence-corrected chi connectivity index (χ0v) is 11.5. The second-order valence-corrected chi connectivity index (χ2v) is 4.79. The fourth-order valence-corrected chi connectivity index (χ4v) is 2.10. The normalized spacial score (nSPS) is 17.6. The number of ether oxygens (including phenoxy) is 1. The number of nitrogens with two attached hydrogens (primary N) is 1. The first-order chi connectivity index (χ1) is 9.45. The molecule has 114 valence electrons. The SMILES string of the molecule is COCCC(NC(=O)N1CCC(C(N)=O)CC1)C(=O)O. The Morgan fingerprint density at radius 3 is 2.45 bits per heavy atom. The molecule has 4 N–H and O–H groups in total. The Hall–Kier alpha value is -1.83. The number of carbonyl (C=O) groups is 3. The second-order valence-electron chi connectivity index (χ2n) is 4.79. The van der Waals surface area contributed by atoms with Crippen LogP contribution in [0.2, 0.25) is 0 Å². The number of nitrogens with one attached hydrogen (secondary N) is 1. The van der Waals surface area contributed by atoms with E-state index in [1.165, 1.54) is 12.0 Å². The molecule has 8 heteroatoms. The Morgan fingerprint density at radius 2 is 2.00 bits per heavy atom. The van der Waals surface area contributed by atoms with E-state index in [-0.39, 0.29) is 24.9 Å². The van der Waals surface area contributed by atoms with Gasteiger partial charge < -0.3 is 25.8 Å². The summed E-state index contributed by atoms with van der Waals surface area (Å²) in [4.78, 5) is 35.5. The van der Waals surface area contributed by atoms with Crippen molar-refractivity contribution in [1.29, 1.82) is 0 Å². The lowest BCUT2D eigenvalue weighted by Gasteiger charge is -2.31. The van der Waals surface area contributed by atoms with Crippen molar-refractivity contribution in [3.63, 3.8) is 0 Å². The molecule has 8 nitrogen and oxygen atoms in total. The van der Waals surface area contributed by atoms with Crippen molar-refractivity contribution >= 4 is 17.9 Å². The molecular weight excluding hydrogens is 266 g/mol. The molecule has 1 saturated heterocycles. The Kier molecular flexibility index (Phi) is 6.23. The zero-order chi connectivity index (χ0) is 15.1. The van der Waals surface area contributed by atoms with Gasteiger partial charge in [-0.2, -0.15) is 0 Å². The lowest BCUT2D eigenvalue weighted by Crippen LogP contribution is -2.51. The molecule has 0 aromatic carbocycles. The van der Waals surface area contributed by atoms with E-state index >= 15 is 0 Å². The summed E-state index contributed by atoms with van der Waals surface area (Å²) in [6.45, 7) is 1.05. The number of aliphatic carboxylic acids is 1. The third-order valence-electron chi connectivity index (χ3n) is 3.39. The van der Waals surface area contributed by atoms with Crippen molar-refractivity contribution < 1.29 is 24.2 Å². The van der Waals surface area contributed by atoms with Gasteiger partial charge in [-0.25, -0.2) is 9.59 Å². The van der Waals surface area contributed by atoms with Crippen LogP contribution < -0.4 is 11.1 Å². The summed E-state index contributed by atoms with van der Waals surface area (Å²) in [6, 6.07) is -1.41. The molecule has 1 rings (SSSR count). The van der Waals surface area contributed by atoms with Crippen molar-refractivity contribution in [3.8, 4) is 0 Å². The van der Waals surface area contributed by atoms with Gasteiger partial charge in [-0.15, -0.1) is 0 Å². The summed E-state index contributed by atoms with van der Waals surface area (Å²) in [5.41, 5.74) is 5.21. The number of rotatable bonds is 6. The maximum absolute atomic E-state index is 11.9. The van der Waals surface area contributed by atoms with Crippen LogP contribution in [-0.2, 0) is 14.3 Å². The molecule has 1 aliphatic rings. The van der Waals surface area contributed by atoms with Crippen molar-refractivity contribution in [2.24, 2.45) is 11.7 Å². The zero-order valence-electron chi connectivity index (χ0n) is 11.5. The van der Waals surface area contributed by atoms with Gasteiger partial charge in [-0.1, -0.05) is 0 Å². The molecule has 3 amide bonds. The van der Waals surface area contributed by atoms with E-state index in [4.69, 9.17) is 15.6 Å². The van der Waals surface area contributed by atoms with Gasteiger partial charge in [0.1, 0.15) is 6.04 Å². The number of methoxy groups -OCH3 is 1. The van der Waals surface area contributed by atoms with Crippen molar-refractivity contribution in [2.75, 3.05) is 26.8 Å². The standard InChI is InChI=1S/C12H21N3O5/c1-20-7-4-9(11(17)18)14-12(19)15-5-2-8(3-6-15)10(13)16/h8-9H,2-7H2,1H3,(H2,13,16)(H,14,19)(H,17,18). The largest absolute Gasteiger partial charge is 0.480 e. The van der Waals surface area contributed by atoms with Crippen LogP contribution in [0.3, 0.4) is 0 Å². The quantitative estimate of drug-likeness (QED) is 0.601. The monoisotopic (exact) mass is 287 g/mol. The first kappa shape index (κ1) is 16.2. The molecule has 0 spiro atoms. The summed E-state index contributed by atoms with van der Waals surface area (Å²) >= 11 is 0. The molecule has 0 aliphatic carbocycles. The summed E-state index contributed by atoms with van der Waals surface area (Å²) in [6.07, 6.45) is 1.23. The lowest BCUT2D eigenvalue weighted by atomic mass is 9.96. The Labute approximate surface area is 117 Å². The van der Waals surface area contributed by atoms with Gasteiger partial charge in [0.2, 0.25) is 5.91 Å². The molecule has 0 bridgehead atoms. The molecule has 1 aliphatic heterocycles. The fraction of sp³-hybridized carbons (Fsp3) is 0.750. The summed E-state index contributed by atoms with van der Waals surface area (Å²) in [5.74, 6) is -1.65. The van der Waals surface area contributed by atoms with E-state index in [0.29, 0.717) is 25.9 Å². The maximum Gasteiger partial charge on any atom is 0.326 e.